The largest absolute Gasteiger partial charge is 0.497 e. The molecule has 0 spiro atoms. The Morgan fingerprint density at radius 3 is 2.73 bits per heavy atom. The second-order valence-electron chi connectivity index (χ2n) is 10.1. The van der Waals surface area contributed by atoms with E-state index in [1.54, 1.807) is 25.4 Å². The van der Waals surface area contributed by atoms with Gasteiger partial charge >= 0.3 is 0 Å². The average molecular weight is 581 g/mol. The number of benzene rings is 2. The molecule has 3 heterocycles. The number of carbonyl (C=O) groups excluding carboxylic acids is 2. The number of rotatable bonds is 9. The predicted molar refractivity (Wildman–Crippen MR) is 157 cm³/mol. The molecule has 2 saturated heterocycles. The highest BCUT2D eigenvalue weighted by atomic mass is 32.2. The molecule has 40 heavy (non-hydrogen) atoms. The van der Waals surface area contributed by atoms with Gasteiger partial charge in [-0.1, -0.05) is 17.8 Å². The van der Waals surface area contributed by atoms with Crippen molar-refractivity contribution < 1.29 is 22.7 Å². The van der Waals surface area contributed by atoms with Crippen molar-refractivity contribution >= 4 is 49.5 Å². The molecule has 1 aromatic heterocycles. The van der Waals surface area contributed by atoms with Gasteiger partial charge in [-0.15, -0.1) is 6.58 Å². The van der Waals surface area contributed by atoms with Crippen LogP contribution in [-0.2, 0) is 14.8 Å². The number of sulfonamides is 1. The summed E-state index contributed by atoms with van der Waals surface area (Å²) >= 11 is 1.35. The van der Waals surface area contributed by atoms with E-state index < -0.39 is 10.0 Å². The Morgan fingerprint density at radius 1 is 1.25 bits per heavy atom. The van der Waals surface area contributed by atoms with Crippen molar-refractivity contribution in [2.24, 2.45) is 11.8 Å². The highest BCUT2D eigenvalue weighted by Crippen LogP contribution is 2.50. The van der Waals surface area contributed by atoms with Gasteiger partial charge in [0.2, 0.25) is 15.9 Å². The number of anilines is 1. The molecule has 9 nitrogen and oxygen atoms in total. The summed E-state index contributed by atoms with van der Waals surface area (Å²) in [5.74, 6) is 0.555. The van der Waals surface area contributed by atoms with Gasteiger partial charge in [0.05, 0.1) is 22.8 Å². The first-order valence-electron chi connectivity index (χ1n) is 13.1. The van der Waals surface area contributed by atoms with Crippen LogP contribution in [0.25, 0.3) is 10.9 Å². The van der Waals surface area contributed by atoms with Gasteiger partial charge in [0.1, 0.15) is 5.75 Å². The molecule has 2 aliphatic heterocycles. The van der Waals surface area contributed by atoms with Crippen molar-refractivity contribution in [1.29, 1.82) is 0 Å². The molecule has 0 bridgehead atoms. The molecular weight excluding hydrogens is 548 g/mol. The van der Waals surface area contributed by atoms with Crippen LogP contribution >= 0.6 is 11.8 Å². The Bertz CT molecular complexity index is 1540. The molecule has 0 unspecified atom stereocenters. The number of nitrogens with one attached hydrogen (secondary N) is 2. The summed E-state index contributed by atoms with van der Waals surface area (Å²) in [6.07, 6.45) is 5.10. The van der Waals surface area contributed by atoms with E-state index in [1.807, 2.05) is 35.2 Å². The monoisotopic (exact) mass is 580 g/mol. The fourth-order valence-corrected chi connectivity index (χ4v) is 8.03. The van der Waals surface area contributed by atoms with Crippen LogP contribution in [-0.4, -0.2) is 55.7 Å². The Morgan fingerprint density at radius 2 is 2.02 bits per heavy atom. The number of amides is 2. The van der Waals surface area contributed by atoms with E-state index in [0.717, 1.165) is 35.1 Å². The number of piperidine rings is 1. The number of methoxy groups -OCH3 is 1. The summed E-state index contributed by atoms with van der Waals surface area (Å²) in [5, 5.41) is 3.59. The van der Waals surface area contributed by atoms with E-state index in [9.17, 15) is 18.0 Å². The molecule has 0 saturated carbocycles. The van der Waals surface area contributed by atoms with Crippen LogP contribution in [0.4, 0.5) is 10.5 Å². The Hall–Kier alpha value is -3.41. The summed E-state index contributed by atoms with van der Waals surface area (Å²) in [4.78, 5) is 30.8. The minimum absolute atomic E-state index is 0.0200. The zero-order valence-electron chi connectivity index (χ0n) is 22.4. The van der Waals surface area contributed by atoms with Crippen LogP contribution in [0, 0.1) is 11.8 Å². The minimum Gasteiger partial charge on any atom is -0.497 e. The number of fused-ring (bicyclic) bond motifs is 2. The number of hydrogen-bond acceptors (Lipinski definition) is 7. The number of thioether (sulfide) groups is 1. The summed E-state index contributed by atoms with van der Waals surface area (Å²) in [5.41, 5.74) is 2.43. The van der Waals surface area contributed by atoms with E-state index in [-0.39, 0.29) is 45.7 Å². The van der Waals surface area contributed by atoms with Crippen LogP contribution in [0.5, 0.6) is 5.75 Å². The molecule has 0 radical (unpaired) electrons. The third-order valence-electron chi connectivity index (χ3n) is 7.69. The first-order valence-corrected chi connectivity index (χ1v) is 15.5. The van der Waals surface area contributed by atoms with E-state index in [4.69, 9.17) is 4.74 Å². The molecular formula is C29H32N4O5S2. The maximum Gasteiger partial charge on any atom is 0.282 e. The lowest BCUT2D eigenvalue weighted by atomic mass is 9.79. The number of hydrogen-bond donors (Lipinski definition) is 2. The molecule has 3 aromatic rings. The number of nitrogens with zero attached hydrogens (tertiary/aromatic N) is 2. The molecule has 0 aliphatic carbocycles. The SMILES string of the molecule is C=C[C@@H](CNS(=O)(=O)c1ccc(NC(C)=O)cc1)[C@H]1CCN2C(=O)S[C@@H](c3ccnc4ccc(OC)cc34)[C@@H]2C1. The smallest absolute Gasteiger partial charge is 0.282 e. The lowest BCUT2D eigenvalue weighted by molar-refractivity contribution is -0.114. The molecule has 2 aliphatic rings. The second kappa shape index (κ2) is 11.6. The van der Waals surface area contributed by atoms with E-state index >= 15 is 0 Å². The molecule has 4 atom stereocenters. The average Bonchev–Trinajstić information content (AvgIpc) is 3.28. The van der Waals surface area contributed by atoms with Crippen LogP contribution < -0.4 is 14.8 Å². The number of aromatic nitrogens is 1. The highest BCUT2D eigenvalue weighted by Gasteiger charge is 2.46. The van der Waals surface area contributed by atoms with Crippen LogP contribution in [0.3, 0.4) is 0 Å². The fourth-order valence-electron chi connectivity index (χ4n) is 5.63. The summed E-state index contributed by atoms with van der Waals surface area (Å²) < 4.78 is 34.2. The van der Waals surface area contributed by atoms with Crippen molar-refractivity contribution in [3.05, 3.63) is 72.9 Å². The summed E-state index contributed by atoms with van der Waals surface area (Å²) in [6, 6.07) is 13.8. The van der Waals surface area contributed by atoms with Crippen molar-refractivity contribution in [3.8, 4) is 5.75 Å². The Labute approximate surface area is 238 Å². The van der Waals surface area contributed by atoms with Crippen molar-refractivity contribution in [2.45, 2.75) is 36.0 Å². The summed E-state index contributed by atoms with van der Waals surface area (Å²) in [7, 11) is -2.13. The van der Waals surface area contributed by atoms with Gasteiger partial charge in [0.15, 0.2) is 0 Å². The molecule has 5 rings (SSSR count). The van der Waals surface area contributed by atoms with Gasteiger partial charge in [-0.3, -0.25) is 14.6 Å². The molecule has 11 heteroatoms. The van der Waals surface area contributed by atoms with Crippen molar-refractivity contribution in [3.63, 3.8) is 0 Å². The lowest BCUT2D eigenvalue weighted by Crippen LogP contribution is -2.44. The second-order valence-corrected chi connectivity index (χ2v) is 12.9. The lowest BCUT2D eigenvalue weighted by Gasteiger charge is -2.39. The van der Waals surface area contributed by atoms with Crippen LogP contribution in [0.15, 0.2) is 72.3 Å². The van der Waals surface area contributed by atoms with Crippen molar-refractivity contribution in [1.82, 2.24) is 14.6 Å². The maximum atomic E-state index is 13.0. The number of carbonyl (C=O) groups is 2. The normalized spacial score (nSPS) is 21.6. The number of pyridine rings is 1. The first kappa shape index (κ1) is 28.1. The number of ether oxygens (including phenoxy) is 1. The highest BCUT2D eigenvalue weighted by molar-refractivity contribution is 8.14. The maximum absolute atomic E-state index is 13.0. The van der Waals surface area contributed by atoms with Crippen LogP contribution in [0.1, 0.15) is 30.6 Å². The molecule has 2 amide bonds. The Kier molecular flexibility index (Phi) is 8.16. The third-order valence-corrected chi connectivity index (χ3v) is 10.4. The molecule has 2 aromatic carbocycles. The third kappa shape index (κ3) is 5.72. The van der Waals surface area contributed by atoms with Gasteiger partial charge in [-0.05, 0) is 78.8 Å². The fraction of sp³-hybridized carbons (Fsp3) is 0.345. The standard InChI is InChI=1S/C29H32N4O5S2/c1-4-19(17-31-40(36,37)23-8-5-21(6-9-23)32-18(2)34)20-12-14-33-27(15-20)28(39-29(33)35)24-11-13-30-26-10-7-22(38-3)16-25(24)26/h4-11,13,16,19-20,27-28,31H,1,12,14-15,17H2,2-3H3,(H,32,34)/t19-,20-,27-,28-/m0/s1. The summed E-state index contributed by atoms with van der Waals surface area (Å²) in [6.45, 7) is 6.22. The first-order chi connectivity index (χ1) is 19.2. The zero-order valence-corrected chi connectivity index (χ0v) is 24.0. The van der Waals surface area contributed by atoms with Gasteiger partial charge in [0.25, 0.3) is 5.24 Å². The Balaban J connectivity index is 1.32. The van der Waals surface area contributed by atoms with E-state index in [0.29, 0.717) is 12.2 Å². The van der Waals surface area contributed by atoms with Gasteiger partial charge < -0.3 is 15.0 Å². The molecule has 2 N–H and O–H groups in total. The quantitative estimate of drug-likeness (QED) is 0.343. The zero-order chi connectivity index (χ0) is 28.4. The van der Waals surface area contributed by atoms with Crippen molar-refractivity contribution in [2.75, 3.05) is 25.5 Å². The van der Waals surface area contributed by atoms with Crippen LogP contribution in [0.2, 0.25) is 0 Å². The molecule has 2 fully saturated rings. The topological polar surface area (TPSA) is 118 Å². The molecule has 210 valence electrons. The van der Waals surface area contributed by atoms with E-state index in [1.165, 1.54) is 30.8 Å². The van der Waals surface area contributed by atoms with Gasteiger partial charge in [-0.25, -0.2) is 13.1 Å². The van der Waals surface area contributed by atoms with Gasteiger partial charge in [-0.2, -0.15) is 0 Å². The van der Waals surface area contributed by atoms with E-state index in [2.05, 4.69) is 21.6 Å². The minimum atomic E-state index is -3.76. The predicted octanol–water partition coefficient (Wildman–Crippen LogP) is 4.97. The van der Waals surface area contributed by atoms with Gasteiger partial charge in [0, 0.05) is 43.3 Å².